The zero-order chi connectivity index (χ0) is 14.7. The standard InChI is InChI=1S/C14H21N5O2/c15-10-1-2-11(7-10)17-13-9-16-8-12(18-13)14(20)19-3-5-21-6-4-19/h8-11H,1-7,15H2,(H,17,18)/t10-,11-/m1/s1. The molecule has 0 radical (unpaired) electrons. The fourth-order valence-corrected chi connectivity index (χ4v) is 2.82. The van der Waals surface area contributed by atoms with Crippen molar-refractivity contribution in [2.45, 2.75) is 31.3 Å². The molecule has 1 amide bonds. The second kappa shape index (κ2) is 6.36. The fourth-order valence-electron chi connectivity index (χ4n) is 2.82. The first-order valence-electron chi connectivity index (χ1n) is 7.43. The van der Waals surface area contributed by atoms with Gasteiger partial charge in [-0.25, -0.2) is 4.98 Å². The van der Waals surface area contributed by atoms with Crippen molar-refractivity contribution in [2.24, 2.45) is 5.73 Å². The van der Waals surface area contributed by atoms with Gasteiger partial charge >= 0.3 is 0 Å². The number of hydrogen-bond acceptors (Lipinski definition) is 6. The SMILES string of the molecule is N[C@@H]1CC[C@@H](Nc2cncc(C(=O)N3CCOCC3)n2)C1. The Morgan fingerprint density at radius 1 is 1.33 bits per heavy atom. The summed E-state index contributed by atoms with van der Waals surface area (Å²) in [5, 5.41) is 3.32. The molecule has 2 aliphatic rings. The highest BCUT2D eigenvalue weighted by Crippen LogP contribution is 2.20. The van der Waals surface area contributed by atoms with Gasteiger partial charge in [-0.15, -0.1) is 0 Å². The molecule has 0 unspecified atom stereocenters. The second-order valence-electron chi connectivity index (χ2n) is 5.61. The lowest BCUT2D eigenvalue weighted by Crippen LogP contribution is -2.41. The Morgan fingerprint density at radius 2 is 2.14 bits per heavy atom. The molecule has 1 saturated heterocycles. The molecule has 3 rings (SSSR count). The van der Waals surface area contributed by atoms with Gasteiger partial charge in [0.15, 0.2) is 0 Å². The normalized spacial score (nSPS) is 25.9. The molecule has 2 atom stereocenters. The maximum absolute atomic E-state index is 12.4. The molecule has 1 aliphatic carbocycles. The van der Waals surface area contributed by atoms with Gasteiger partial charge in [0.1, 0.15) is 11.5 Å². The maximum Gasteiger partial charge on any atom is 0.274 e. The van der Waals surface area contributed by atoms with Gasteiger partial charge in [-0.3, -0.25) is 9.78 Å². The van der Waals surface area contributed by atoms with Crippen molar-refractivity contribution >= 4 is 11.7 Å². The molecule has 0 spiro atoms. The Balaban J connectivity index is 1.66. The number of morpholine rings is 1. The van der Waals surface area contributed by atoms with Gasteiger partial charge in [0.2, 0.25) is 0 Å². The quantitative estimate of drug-likeness (QED) is 0.828. The molecule has 1 aromatic heterocycles. The Hall–Kier alpha value is -1.73. The van der Waals surface area contributed by atoms with Crippen LogP contribution in [0.1, 0.15) is 29.8 Å². The zero-order valence-electron chi connectivity index (χ0n) is 12.0. The number of nitrogens with one attached hydrogen (secondary N) is 1. The number of nitrogens with two attached hydrogens (primary N) is 1. The number of rotatable bonds is 3. The van der Waals surface area contributed by atoms with Crippen LogP contribution in [0.3, 0.4) is 0 Å². The van der Waals surface area contributed by atoms with Crippen molar-refractivity contribution in [3.63, 3.8) is 0 Å². The summed E-state index contributed by atoms with van der Waals surface area (Å²) < 4.78 is 5.25. The molecule has 0 aromatic carbocycles. The van der Waals surface area contributed by atoms with Crippen LogP contribution in [0, 0.1) is 0 Å². The highest BCUT2D eigenvalue weighted by molar-refractivity contribution is 5.92. The first-order chi connectivity index (χ1) is 10.2. The van der Waals surface area contributed by atoms with Crippen LogP contribution in [-0.2, 0) is 4.74 Å². The molecule has 7 nitrogen and oxygen atoms in total. The number of amides is 1. The number of aromatic nitrogens is 2. The van der Waals surface area contributed by atoms with E-state index in [9.17, 15) is 4.79 Å². The van der Waals surface area contributed by atoms with E-state index >= 15 is 0 Å². The summed E-state index contributed by atoms with van der Waals surface area (Å²) in [5.41, 5.74) is 6.28. The topological polar surface area (TPSA) is 93.4 Å². The predicted molar refractivity (Wildman–Crippen MR) is 78.0 cm³/mol. The molecule has 2 heterocycles. The summed E-state index contributed by atoms with van der Waals surface area (Å²) in [4.78, 5) is 22.6. The number of carbonyl (C=O) groups excluding carboxylic acids is 1. The number of carbonyl (C=O) groups is 1. The monoisotopic (exact) mass is 291 g/mol. The van der Waals surface area contributed by atoms with Crippen LogP contribution in [-0.4, -0.2) is 59.2 Å². The summed E-state index contributed by atoms with van der Waals surface area (Å²) >= 11 is 0. The Morgan fingerprint density at radius 3 is 2.86 bits per heavy atom. The van der Waals surface area contributed by atoms with E-state index in [-0.39, 0.29) is 11.9 Å². The number of ether oxygens (including phenoxy) is 1. The van der Waals surface area contributed by atoms with E-state index in [4.69, 9.17) is 10.5 Å². The maximum atomic E-state index is 12.4. The van der Waals surface area contributed by atoms with Crippen molar-refractivity contribution in [3.05, 3.63) is 18.1 Å². The van der Waals surface area contributed by atoms with Crippen LogP contribution in [0.5, 0.6) is 0 Å². The third-order valence-corrected chi connectivity index (χ3v) is 3.98. The predicted octanol–water partition coefficient (Wildman–Crippen LogP) is 0.241. The zero-order valence-corrected chi connectivity index (χ0v) is 12.0. The average molecular weight is 291 g/mol. The van der Waals surface area contributed by atoms with Crippen molar-refractivity contribution in [1.82, 2.24) is 14.9 Å². The molecule has 21 heavy (non-hydrogen) atoms. The molecule has 1 aliphatic heterocycles. The van der Waals surface area contributed by atoms with E-state index in [1.165, 1.54) is 6.20 Å². The highest BCUT2D eigenvalue weighted by Gasteiger charge is 2.23. The van der Waals surface area contributed by atoms with E-state index < -0.39 is 0 Å². The molecule has 2 fully saturated rings. The van der Waals surface area contributed by atoms with Crippen molar-refractivity contribution in [3.8, 4) is 0 Å². The fraction of sp³-hybridized carbons (Fsp3) is 0.643. The highest BCUT2D eigenvalue weighted by atomic mass is 16.5. The van der Waals surface area contributed by atoms with Gasteiger partial charge in [-0.2, -0.15) is 0 Å². The third kappa shape index (κ3) is 3.48. The van der Waals surface area contributed by atoms with Crippen LogP contribution in [0.2, 0.25) is 0 Å². The van der Waals surface area contributed by atoms with E-state index in [0.717, 1.165) is 19.3 Å². The second-order valence-corrected chi connectivity index (χ2v) is 5.61. The smallest absolute Gasteiger partial charge is 0.274 e. The van der Waals surface area contributed by atoms with Crippen LogP contribution in [0.4, 0.5) is 5.82 Å². The summed E-state index contributed by atoms with van der Waals surface area (Å²) in [7, 11) is 0. The molecular weight excluding hydrogens is 270 g/mol. The number of anilines is 1. The van der Waals surface area contributed by atoms with Gasteiger partial charge < -0.3 is 20.7 Å². The van der Waals surface area contributed by atoms with Crippen LogP contribution in [0.15, 0.2) is 12.4 Å². The summed E-state index contributed by atoms with van der Waals surface area (Å²) in [6, 6.07) is 0.580. The average Bonchev–Trinajstić information content (AvgIpc) is 2.93. The lowest BCUT2D eigenvalue weighted by molar-refractivity contribution is 0.0299. The largest absolute Gasteiger partial charge is 0.378 e. The van der Waals surface area contributed by atoms with Gasteiger partial charge in [0.05, 0.1) is 25.6 Å². The van der Waals surface area contributed by atoms with Gasteiger partial charge in [0, 0.05) is 25.2 Å². The van der Waals surface area contributed by atoms with Gasteiger partial charge in [0.25, 0.3) is 5.91 Å². The lowest BCUT2D eigenvalue weighted by Gasteiger charge is -2.26. The first kappa shape index (κ1) is 14.2. The van der Waals surface area contributed by atoms with Crippen molar-refractivity contribution < 1.29 is 9.53 Å². The molecular formula is C14H21N5O2. The molecule has 3 N–H and O–H groups in total. The van der Waals surface area contributed by atoms with E-state index in [2.05, 4.69) is 15.3 Å². The minimum atomic E-state index is -0.0856. The first-order valence-corrected chi connectivity index (χ1v) is 7.43. The van der Waals surface area contributed by atoms with E-state index in [1.807, 2.05) is 0 Å². The Labute approximate surface area is 123 Å². The van der Waals surface area contributed by atoms with Crippen LogP contribution >= 0.6 is 0 Å². The molecule has 0 bridgehead atoms. The minimum Gasteiger partial charge on any atom is -0.378 e. The van der Waals surface area contributed by atoms with Gasteiger partial charge in [-0.1, -0.05) is 0 Å². The van der Waals surface area contributed by atoms with E-state index in [1.54, 1.807) is 11.1 Å². The molecule has 114 valence electrons. The van der Waals surface area contributed by atoms with E-state index in [0.29, 0.717) is 43.9 Å². The number of nitrogens with zero attached hydrogens (tertiary/aromatic N) is 3. The Bertz CT molecular complexity index is 504. The molecule has 7 heteroatoms. The third-order valence-electron chi connectivity index (χ3n) is 3.98. The lowest BCUT2D eigenvalue weighted by atomic mass is 10.2. The Kier molecular flexibility index (Phi) is 4.31. The summed E-state index contributed by atoms with van der Waals surface area (Å²) in [6.07, 6.45) is 6.16. The van der Waals surface area contributed by atoms with Crippen molar-refractivity contribution in [2.75, 3.05) is 31.6 Å². The molecule has 1 aromatic rings. The minimum absolute atomic E-state index is 0.0856. The van der Waals surface area contributed by atoms with Crippen LogP contribution in [0.25, 0.3) is 0 Å². The molecule has 1 saturated carbocycles. The van der Waals surface area contributed by atoms with Crippen LogP contribution < -0.4 is 11.1 Å². The summed E-state index contributed by atoms with van der Waals surface area (Å²) in [5.74, 6) is 0.561. The summed E-state index contributed by atoms with van der Waals surface area (Å²) in [6.45, 7) is 2.37. The van der Waals surface area contributed by atoms with Crippen molar-refractivity contribution in [1.29, 1.82) is 0 Å². The van der Waals surface area contributed by atoms with Gasteiger partial charge in [-0.05, 0) is 19.3 Å². The number of hydrogen-bond donors (Lipinski definition) is 2.